The van der Waals surface area contributed by atoms with Crippen LogP contribution < -0.4 is 4.72 Å². The molecule has 7 heteroatoms. The molecule has 2 fully saturated rings. The predicted octanol–water partition coefficient (Wildman–Crippen LogP) is 4.67. The van der Waals surface area contributed by atoms with Gasteiger partial charge in [-0.15, -0.1) is 11.8 Å². The second kappa shape index (κ2) is 10.3. The summed E-state index contributed by atoms with van der Waals surface area (Å²) in [6, 6.07) is 4.98. The van der Waals surface area contributed by atoms with Crippen molar-refractivity contribution >= 4 is 27.7 Å². The van der Waals surface area contributed by atoms with E-state index in [2.05, 4.69) is 11.6 Å². The molecule has 3 rings (SSSR count). The van der Waals surface area contributed by atoms with Gasteiger partial charge in [-0.25, -0.2) is 13.1 Å². The van der Waals surface area contributed by atoms with Gasteiger partial charge in [0.25, 0.3) is 5.91 Å². The smallest absolute Gasteiger partial charge is 0.255 e. The molecule has 1 aliphatic carbocycles. The Hall–Kier alpha value is -1.05. The molecule has 5 nitrogen and oxygen atoms in total. The van der Waals surface area contributed by atoms with Gasteiger partial charge < -0.3 is 4.90 Å². The molecule has 29 heavy (non-hydrogen) atoms. The molecule has 0 aromatic heterocycles. The highest BCUT2D eigenvalue weighted by molar-refractivity contribution is 7.98. The first-order valence-corrected chi connectivity index (χ1v) is 13.6. The molecular weight excluding hydrogens is 404 g/mol. The minimum Gasteiger partial charge on any atom is -0.339 e. The van der Waals surface area contributed by atoms with Gasteiger partial charge in [0.1, 0.15) is 0 Å². The van der Waals surface area contributed by atoms with Crippen molar-refractivity contribution in [3.05, 3.63) is 23.8 Å². The molecule has 1 aliphatic heterocycles. The number of nitrogens with zero attached hydrogens (tertiary/aromatic N) is 1. The lowest BCUT2D eigenvalue weighted by Gasteiger charge is -2.31. The summed E-state index contributed by atoms with van der Waals surface area (Å²) in [6.45, 7) is 3.69. The van der Waals surface area contributed by atoms with Crippen LogP contribution in [0, 0.1) is 5.92 Å². The summed E-state index contributed by atoms with van der Waals surface area (Å²) in [6.07, 6.45) is 11.4. The van der Waals surface area contributed by atoms with Crippen LogP contribution in [0.25, 0.3) is 0 Å². The van der Waals surface area contributed by atoms with E-state index in [-0.39, 0.29) is 16.8 Å². The van der Waals surface area contributed by atoms with Gasteiger partial charge in [-0.1, -0.05) is 39.0 Å². The Labute approximate surface area is 180 Å². The van der Waals surface area contributed by atoms with E-state index < -0.39 is 10.0 Å². The molecule has 1 aromatic rings. The zero-order valence-corrected chi connectivity index (χ0v) is 19.3. The summed E-state index contributed by atoms with van der Waals surface area (Å²) in [5, 5.41) is 0. The largest absolute Gasteiger partial charge is 0.339 e. The van der Waals surface area contributed by atoms with Crippen LogP contribution in [0.4, 0.5) is 0 Å². The highest BCUT2D eigenvalue weighted by Gasteiger charge is 2.26. The van der Waals surface area contributed by atoms with Crippen molar-refractivity contribution in [2.45, 2.75) is 80.5 Å². The van der Waals surface area contributed by atoms with Crippen LogP contribution in [0.3, 0.4) is 0 Å². The first-order chi connectivity index (χ1) is 13.9. The third-order valence-electron chi connectivity index (χ3n) is 6.21. The zero-order valence-electron chi connectivity index (χ0n) is 17.7. The van der Waals surface area contributed by atoms with Crippen LogP contribution in [-0.2, 0) is 10.0 Å². The normalized spacial score (nSPS) is 20.3. The van der Waals surface area contributed by atoms with Gasteiger partial charge in [0, 0.05) is 24.0 Å². The minimum absolute atomic E-state index is 0.0109. The Kier molecular flexibility index (Phi) is 8.05. The third kappa shape index (κ3) is 5.98. The van der Waals surface area contributed by atoms with E-state index in [1.807, 2.05) is 11.2 Å². The molecule has 1 amide bonds. The number of rotatable bonds is 5. The SMILES string of the molecule is CSc1ccc(S(=O)(=O)NC2CCCCCCC2)cc1C(=O)N1CCC(C)CC1. The average molecular weight is 439 g/mol. The van der Waals surface area contributed by atoms with Gasteiger partial charge in [-0.05, 0) is 56.1 Å². The maximum Gasteiger partial charge on any atom is 0.255 e. The topological polar surface area (TPSA) is 66.5 Å². The Morgan fingerprint density at radius 3 is 2.28 bits per heavy atom. The van der Waals surface area contributed by atoms with Crippen LogP contribution >= 0.6 is 11.8 Å². The molecule has 2 aliphatic rings. The lowest BCUT2D eigenvalue weighted by Crippen LogP contribution is -2.38. The summed E-state index contributed by atoms with van der Waals surface area (Å²) in [4.78, 5) is 16.0. The molecule has 0 unspecified atom stereocenters. The summed E-state index contributed by atoms with van der Waals surface area (Å²) < 4.78 is 29.0. The molecule has 0 atom stereocenters. The van der Waals surface area contributed by atoms with E-state index in [4.69, 9.17) is 0 Å². The third-order valence-corrected chi connectivity index (χ3v) is 8.52. The maximum atomic E-state index is 13.1. The number of hydrogen-bond donors (Lipinski definition) is 1. The molecule has 0 bridgehead atoms. The van der Waals surface area contributed by atoms with E-state index in [1.165, 1.54) is 31.0 Å². The van der Waals surface area contributed by atoms with Crippen molar-refractivity contribution in [2.24, 2.45) is 5.92 Å². The number of nitrogens with one attached hydrogen (secondary N) is 1. The molecule has 0 spiro atoms. The second-order valence-corrected chi connectivity index (χ2v) is 11.1. The Morgan fingerprint density at radius 2 is 1.66 bits per heavy atom. The lowest BCUT2D eigenvalue weighted by molar-refractivity contribution is 0.0693. The fraction of sp³-hybridized carbons (Fsp3) is 0.682. The minimum atomic E-state index is -3.64. The molecule has 1 saturated heterocycles. The highest BCUT2D eigenvalue weighted by atomic mass is 32.2. The fourth-order valence-corrected chi connectivity index (χ4v) is 6.17. The number of carbonyl (C=O) groups is 1. The standard InChI is InChI=1S/C22H34N2O3S2/c1-17-12-14-24(15-13-17)22(25)20-16-19(10-11-21(20)28-2)29(26,27)23-18-8-6-4-3-5-7-9-18/h10-11,16-18,23H,3-9,12-15H2,1-2H3. The summed E-state index contributed by atoms with van der Waals surface area (Å²) in [7, 11) is -3.64. The maximum absolute atomic E-state index is 13.1. The van der Waals surface area contributed by atoms with E-state index in [0.717, 1.165) is 56.5 Å². The molecule has 0 radical (unpaired) electrons. The lowest BCUT2D eigenvalue weighted by atomic mass is 9.97. The first-order valence-electron chi connectivity index (χ1n) is 10.9. The Balaban J connectivity index is 1.80. The molecule has 1 saturated carbocycles. The highest BCUT2D eigenvalue weighted by Crippen LogP contribution is 2.27. The molecule has 1 N–H and O–H groups in total. The number of likely N-dealkylation sites (tertiary alicyclic amines) is 1. The van der Waals surface area contributed by atoms with Crippen molar-refractivity contribution in [3.63, 3.8) is 0 Å². The zero-order chi connectivity index (χ0) is 20.9. The number of carbonyl (C=O) groups excluding carboxylic acids is 1. The first kappa shape index (κ1) is 22.6. The average Bonchev–Trinajstić information content (AvgIpc) is 2.69. The van der Waals surface area contributed by atoms with Crippen molar-refractivity contribution < 1.29 is 13.2 Å². The molecule has 1 heterocycles. The van der Waals surface area contributed by atoms with Crippen molar-refractivity contribution in [1.82, 2.24) is 9.62 Å². The van der Waals surface area contributed by atoms with E-state index >= 15 is 0 Å². The number of benzene rings is 1. The van der Waals surface area contributed by atoms with Crippen LogP contribution in [0.2, 0.25) is 0 Å². The van der Waals surface area contributed by atoms with E-state index in [0.29, 0.717) is 11.5 Å². The van der Waals surface area contributed by atoms with Crippen LogP contribution in [-0.4, -0.2) is 44.6 Å². The van der Waals surface area contributed by atoms with Gasteiger partial charge in [-0.3, -0.25) is 4.79 Å². The van der Waals surface area contributed by atoms with E-state index in [9.17, 15) is 13.2 Å². The fourth-order valence-electron chi connectivity index (χ4n) is 4.26. The summed E-state index contributed by atoms with van der Waals surface area (Å²) in [5.41, 5.74) is 0.507. The Bertz CT molecular complexity index is 794. The number of thioether (sulfide) groups is 1. The van der Waals surface area contributed by atoms with Crippen molar-refractivity contribution in [2.75, 3.05) is 19.3 Å². The second-order valence-electron chi connectivity index (χ2n) is 8.50. The summed E-state index contributed by atoms with van der Waals surface area (Å²) >= 11 is 1.49. The number of hydrogen-bond acceptors (Lipinski definition) is 4. The molecule has 162 valence electrons. The number of piperidine rings is 1. The van der Waals surface area contributed by atoms with Gasteiger partial charge in [0.05, 0.1) is 10.5 Å². The number of sulfonamides is 1. The van der Waals surface area contributed by atoms with Gasteiger partial charge in [0.15, 0.2) is 0 Å². The van der Waals surface area contributed by atoms with Crippen LogP contribution in [0.5, 0.6) is 0 Å². The van der Waals surface area contributed by atoms with Gasteiger partial charge in [-0.2, -0.15) is 0 Å². The van der Waals surface area contributed by atoms with E-state index in [1.54, 1.807) is 18.2 Å². The molecule has 1 aromatic carbocycles. The molecular formula is C22H34N2O3S2. The number of amides is 1. The summed E-state index contributed by atoms with van der Waals surface area (Å²) in [5.74, 6) is 0.586. The van der Waals surface area contributed by atoms with Crippen LogP contribution in [0.1, 0.15) is 75.1 Å². The quantitative estimate of drug-likeness (QED) is 0.678. The van der Waals surface area contributed by atoms with Crippen LogP contribution in [0.15, 0.2) is 28.0 Å². The monoisotopic (exact) mass is 438 g/mol. The Morgan fingerprint density at radius 1 is 1.03 bits per heavy atom. The van der Waals surface area contributed by atoms with Crippen molar-refractivity contribution in [3.8, 4) is 0 Å². The van der Waals surface area contributed by atoms with Crippen molar-refractivity contribution in [1.29, 1.82) is 0 Å². The van der Waals surface area contributed by atoms with Gasteiger partial charge >= 0.3 is 0 Å². The predicted molar refractivity (Wildman–Crippen MR) is 119 cm³/mol. The van der Waals surface area contributed by atoms with Gasteiger partial charge in [0.2, 0.25) is 10.0 Å².